The molecule has 0 aromatic carbocycles. The fourth-order valence-electron chi connectivity index (χ4n) is 1.39. The smallest absolute Gasteiger partial charge is 0.331 e. The van der Waals surface area contributed by atoms with Gasteiger partial charge in [0.2, 0.25) is 0 Å². The molecular weight excluding hydrogens is 196 g/mol. The first-order valence-electron chi connectivity index (χ1n) is 4.96. The molecule has 1 aromatic heterocycles. The van der Waals surface area contributed by atoms with E-state index in [9.17, 15) is 4.79 Å². The summed E-state index contributed by atoms with van der Waals surface area (Å²) in [6.45, 7) is 5.91. The van der Waals surface area contributed by atoms with E-state index < -0.39 is 6.04 Å². The molecule has 0 amide bonds. The molecule has 1 aromatic rings. The monoisotopic (exact) mass is 212 g/mol. The molecule has 0 saturated carbocycles. The topological polar surface area (TPSA) is 64.3 Å². The van der Waals surface area contributed by atoms with E-state index in [1.54, 1.807) is 6.92 Å². The Morgan fingerprint density at radius 3 is 2.73 bits per heavy atom. The molecule has 84 valence electrons. The summed E-state index contributed by atoms with van der Waals surface area (Å²) in [6.07, 6.45) is 2.72. The maximum atomic E-state index is 11.6. The van der Waals surface area contributed by atoms with E-state index in [1.165, 1.54) is 17.1 Å². The van der Waals surface area contributed by atoms with E-state index in [1.807, 2.05) is 13.8 Å². The van der Waals surface area contributed by atoms with E-state index >= 15 is 0 Å². The third kappa shape index (κ3) is 2.71. The molecule has 5 heteroatoms. The fourth-order valence-corrected chi connectivity index (χ4v) is 1.39. The van der Waals surface area contributed by atoms with Gasteiger partial charge in [-0.3, -0.25) is 4.68 Å². The second kappa shape index (κ2) is 4.82. The molecule has 0 aliphatic heterocycles. The van der Waals surface area contributed by atoms with Crippen molar-refractivity contribution in [2.45, 2.75) is 26.8 Å². The van der Waals surface area contributed by atoms with Crippen LogP contribution in [-0.2, 0) is 9.53 Å². The molecule has 15 heavy (non-hydrogen) atoms. The molecule has 1 heterocycles. The Morgan fingerprint density at radius 2 is 2.33 bits per heavy atom. The van der Waals surface area contributed by atoms with Crippen molar-refractivity contribution in [1.82, 2.24) is 9.78 Å². The first kappa shape index (κ1) is 11.6. The molecule has 0 aliphatic carbocycles. The molecule has 5 nitrogen and oxygen atoms in total. The highest BCUT2D eigenvalue weighted by Crippen LogP contribution is 2.20. The molecule has 0 aliphatic rings. The van der Waals surface area contributed by atoms with Crippen molar-refractivity contribution in [3.63, 3.8) is 0 Å². The SMILES string of the molecule is CCOC(=O)C(C(C)C)n1cc(O)cn1. The summed E-state index contributed by atoms with van der Waals surface area (Å²) in [5, 5.41) is 13.1. The average molecular weight is 212 g/mol. The first-order chi connectivity index (χ1) is 7.06. The van der Waals surface area contributed by atoms with Crippen LogP contribution in [0.25, 0.3) is 0 Å². The number of rotatable bonds is 4. The van der Waals surface area contributed by atoms with Crippen LogP contribution in [0.3, 0.4) is 0 Å². The van der Waals surface area contributed by atoms with Gasteiger partial charge in [0.15, 0.2) is 11.8 Å². The summed E-state index contributed by atoms with van der Waals surface area (Å²) in [5.41, 5.74) is 0. The van der Waals surface area contributed by atoms with Crippen molar-refractivity contribution in [3.05, 3.63) is 12.4 Å². The first-order valence-corrected chi connectivity index (χ1v) is 4.96. The van der Waals surface area contributed by atoms with Gasteiger partial charge in [0.1, 0.15) is 0 Å². The minimum atomic E-state index is -0.481. The predicted molar refractivity (Wildman–Crippen MR) is 54.4 cm³/mol. The Morgan fingerprint density at radius 1 is 1.67 bits per heavy atom. The van der Waals surface area contributed by atoms with Gasteiger partial charge in [-0.05, 0) is 12.8 Å². The minimum Gasteiger partial charge on any atom is -0.505 e. The lowest BCUT2D eigenvalue weighted by Crippen LogP contribution is -2.26. The van der Waals surface area contributed by atoms with Gasteiger partial charge in [0, 0.05) is 0 Å². The summed E-state index contributed by atoms with van der Waals surface area (Å²) in [5.74, 6) is -0.219. The van der Waals surface area contributed by atoms with Crippen molar-refractivity contribution in [1.29, 1.82) is 0 Å². The van der Waals surface area contributed by atoms with Crippen molar-refractivity contribution >= 4 is 5.97 Å². The highest BCUT2D eigenvalue weighted by Gasteiger charge is 2.26. The Kier molecular flexibility index (Phi) is 3.71. The van der Waals surface area contributed by atoms with E-state index in [0.717, 1.165) is 0 Å². The molecule has 1 N–H and O–H groups in total. The van der Waals surface area contributed by atoms with Gasteiger partial charge in [-0.15, -0.1) is 0 Å². The van der Waals surface area contributed by atoms with Crippen LogP contribution in [0.2, 0.25) is 0 Å². The van der Waals surface area contributed by atoms with Crippen LogP contribution < -0.4 is 0 Å². The summed E-state index contributed by atoms with van der Waals surface area (Å²) in [6, 6.07) is -0.481. The van der Waals surface area contributed by atoms with Crippen LogP contribution in [0, 0.1) is 5.92 Å². The zero-order valence-corrected chi connectivity index (χ0v) is 9.17. The van der Waals surface area contributed by atoms with Gasteiger partial charge in [-0.25, -0.2) is 4.79 Å². The Balaban J connectivity index is 2.88. The van der Waals surface area contributed by atoms with E-state index in [-0.39, 0.29) is 17.6 Å². The zero-order chi connectivity index (χ0) is 11.4. The van der Waals surface area contributed by atoms with Crippen LogP contribution in [0.5, 0.6) is 5.75 Å². The number of hydrogen-bond donors (Lipinski definition) is 1. The summed E-state index contributed by atoms with van der Waals surface area (Å²) in [4.78, 5) is 11.6. The van der Waals surface area contributed by atoms with E-state index in [0.29, 0.717) is 6.61 Å². The van der Waals surface area contributed by atoms with Crippen LogP contribution >= 0.6 is 0 Å². The molecule has 0 fully saturated rings. The Bertz CT molecular complexity index is 333. The number of hydrogen-bond acceptors (Lipinski definition) is 4. The van der Waals surface area contributed by atoms with Crippen molar-refractivity contribution in [2.75, 3.05) is 6.61 Å². The lowest BCUT2D eigenvalue weighted by molar-refractivity contribution is -0.149. The van der Waals surface area contributed by atoms with Crippen molar-refractivity contribution < 1.29 is 14.6 Å². The van der Waals surface area contributed by atoms with Gasteiger partial charge < -0.3 is 9.84 Å². The van der Waals surface area contributed by atoms with Crippen LogP contribution in [-0.4, -0.2) is 27.5 Å². The summed E-state index contributed by atoms with van der Waals surface area (Å²) < 4.78 is 6.38. The quantitative estimate of drug-likeness (QED) is 0.765. The number of ether oxygens (including phenoxy) is 1. The number of aromatic nitrogens is 2. The Hall–Kier alpha value is -1.52. The number of nitrogens with zero attached hydrogens (tertiary/aromatic N) is 2. The number of carbonyl (C=O) groups is 1. The highest BCUT2D eigenvalue weighted by molar-refractivity contribution is 5.74. The predicted octanol–water partition coefficient (Wildman–Crippen LogP) is 1.35. The second-order valence-electron chi connectivity index (χ2n) is 3.62. The highest BCUT2D eigenvalue weighted by atomic mass is 16.5. The molecule has 0 saturated heterocycles. The van der Waals surface area contributed by atoms with Gasteiger partial charge in [-0.2, -0.15) is 5.10 Å². The van der Waals surface area contributed by atoms with E-state index in [2.05, 4.69) is 5.10 Å². The molecule has 1 atom stereocenters. The summed E-state index contributed by atoms with van der Waals surface area (Å²) >= 11 is 0. The summed E-state index contributed by atoms with van der Waals surface area (Å²) in [7, 11) is 0. The molecular formula is C10H16N2O3. The average Bonchev–Trinajstić information content (AvgIpc) is 2.51. The number of esters is 1. The van der Waals surface area contributed by atoms with Crippen LogP contribution in [0.1, 0.15) is 26.8 Å². The maximum Gasteiger partial charge on any atom is 0.331 e. The third-order valence-electron chi connectivity index (χ3n) is 2.03. The minimum absolute atomic E-state index is 0.0462. The molecule has 0 radical (unpaired) electrons. The van der Waals surface area contributed by atoms with Crippen LogP contribution in [0.4, 0.5) is 0 Å². The second-order valence-corrected chi connectivity index (χ2v) is 3.62. The molecule has 1 rings (SSSR count). The normalized spacial score (nSPS) is 12.8. The maximum absolute atomic E-state index is 11.6. The zero-order valence-electron chi connectivity index (χ0n) is 9.17. The standard InChI is InChI=1S/C10H16N2O3/c1-4-15-10(14)9(7(2)3)12-6-8(13)5-11-12/h5-7,9,13H,4H2,1-3H3. The van der Waals surface area contributed by atoms with Gasteiger partial charge in [-0.1, -0.05) is 13.8 Å². The Labute approximate surface area is 88.7 Å². The number of aromatic hydroxyl groups is 1. The lowest BCUT2D eigenvalue weighted by Gasteiger charge is -2.19. The fraction of sp³-hybridized carbons (Fsp3) is 0.600. The lowest BCUT2D eigenvalue weighted by atomic mass is 10.1. The van der Waals surface area contributed by atoms with Crippen LogP contribution in [0.15, 0.2) is 12.4 Å². The van der Waals surface area contributed by atoms with Gasteiger partial charge in [0.05, 0.1) is 19.0 Å². The van der Waals surface area contributed by atoms with Gasteiger partial charge >= 0.3 is 5.97 Å². The molecule has 1 unspecified atom stereocenters. The molecule has 0 bridgehead atoms. The largest absolute Gasteiger partial charge is 0.505 e. The third-order valence-corrected chi connectivity index (χ3v) is 2.03. The molecule has 0 spiro atoms. The van der Waals surface area contributed by atoms with Crippen molar-refractivity contribution in [2.24, 2.45) is 5.92 Å². The van der Waals surface area contributed by atoms with Gasteiger partial charge in [0.25, 0.3) is 0 Å². The van der Waals surface area contributed by atoms with E-state index in [4.69, 9.17) is 9.84 Å². The number of carbonyl (C=O) groups excluding carboxylic acids is 1. The van der Waals surface area contributed by atoms with Crippen molar-refractivity contribution in [3.8, 4) is 5.75 Å².